The topological polar surface area (TPSA) is 67.1 Å². The molecule has 2 aromatic heterocycles. The van der Waals surface area contributed by atoms with E-state index < -0.39 is 0 Å². The van der Waals surface area contributed by atoms with Gasteiger partial charge in [0.05, 0.1) is 6.54 Å². The van der Waals surface area contributed by atoms with Gasteiger partial charge in [0.25, 0.3) is 0 Å². The van der Waals surface area contributed by atoms with Gasteiger partial charge in [-0.3, -0.25) is 4.57 Å². The molecule has 168 valence electrons. The van der Waals surface area contributed by atoms with Gasteiger partial charge in [-0.1, -0.05) is 66.7 Å². The summed E-state index contributed by atoms with van der Waals surface area (Å²) in [4.78, 5) is 13.4. The molecular weight excluding hydrogens is 408 g/mol. The van der Waals surface area contributed by atoms with Gasteiger partial charge in [-0.05, 0) is 36.1 Å². The number of rotatable bonds is 9. The van der Waals surface area contributed by atoms with Gasteiger partial charge in [-0.2, -0.15) is 0 Å². The molecule has 2 N–H and O–H groups in total. The number of hydrogen-bond acceptors (Lipinski definition) is 3. The number of nitrogens with one attached hydrogen (secondary N) is 2. The largest absolute Gasteiger partial charge is 0.357 e. The van der Waals surface area contributed by atoms with E-state index in [0.29, 0.717) is 12.5 Å². The molecule has 0 bridgehead atoms. The van der Waals surface area contributed by atoms with Gasteiger partial charge >= 0.3 is 0 Å². The molecule has 4 rings (SSSR count). The molecular formula is C27H30N6. The third kappa shape index (κ3) is 6.53. The van der Waals surface area contributed by atoms with Crippen molar-refractivity contribution >= 4 is 5.96 Å². The van der Waals surface area contributed by atoms with Crippen molar-refractivity contribution in [2.75, 3.05) is 13.1 Å². The minimum Gasteiger partial charge on any atom is -0.357 e. The van der Waals surface area contributed by atoms with Crippen molar-refractivity contribution in [1.82, 2.24) is 25.2 Å². The van der Waals surface area contributed by atoms with Gasteiger partial charge in [0.1, 0.15) is 12.1 Å². The number of hydrogen-bond donors (Lipinski definition) is 2. The number of aromatic nitrogens is 3. The minimum atomic E-state index is 0.341. The molecule has 1 atom stereocenters. The van der Waals surface area contributed by atoms with Crippen molar-refractivity contribution in [1.29, 1.82) is 0 Å². The summed E-state index contributed by atoms with van der Waals surface area (Å²) in [6.45, 7) is 4.24. The van der Waals surface area contributed by atoms with E-state index >= 15 is 0 Å². The van der Waals surface area contributed by atoms with E-state index in [1.165, 1.54) is 11.1 Å². The zero-order chi connectivity index (χ0) is 22.7. The molecule has 0 aliphatic carbocycles. The molecule has 2 aromatic carbocycles. The fraction of sp³-hybridized carbons (Fsp3) is 0.222. The van der Waals surface area contributed by atoms with Crippen LogP contribution in [0.1, 0.15) is 29.5 Å². The molecule has 4 aromatic rings. The first kappa shape index (κ1) is 22.3. The average molecular weight is 439 g/mol. The van der Waals surface area contributed by atoms with Crippen LogP contribution < -0.4 is 10.6 Å². The van der Waals surface area contributed by atoms with Crippen LogP contribution in [0.2, 0.25) is 0 Å². The van der Waals surface area contributed by atoms with Gasteiger partial charge in [0, 0.05) is 37.6 Å². The molecule has 0 aliphatic heterocycles. The maximum atomic E-state index is 4.78. The highest BCUT2D eigenvalue weighted by atomic mass is 15.2. The predicted octanol–water partition coefficient (Wildman–Crippen LogP) is 4.35. The molecule has 0 radical (unpaired) electrons. The first-order valence-electron chi connectivity index (χ1n) is 11.4. The number of benzene rings is 2. The highest BCUT2D eigenvalue weighted by Gasteiger charge is 2.13. The van der Waals surface area contributed by atoms with Crippen LogP contribution in [0.5, 0.6) is 0 Å². The Labute approximate surface area is 195 Å². The SMILES string of the molecule is CCNC(=NCc1ccc(-n2ccnc2)nc1)NCC(Cc1ccccc1)c1ccccc1. The number of aliphatic imine (C=N–C) groups is 1. The van der Waals surface area contributed by atoms with Gasteiger partial charge < -0.3 is 10.6 Å². The molecule has 0 aliphatic rings. The van der Waals surface area contributed by atoms with Gasteiger partial charge in [0.2, 0.25) is 0 Å². The van der Waals surface area contributed by atoms with Gasteiger partial charge in [0.15, 0.2) is 5.96 Å². The third-order valence-corrected chi connectivity index (χ3v) is 5.45. The standard InChI is InChI=1S/C27H30N6/c1-2-29-27(31-19-23-13-14-26(30-18-23)33-16-15-28-21-33)32-20-25(24-11-7-4-8-12-24)17-22-9-5-3-6-10-22/h3-16,18,21,25H,2,17,19-20H2,1H3,(H2,29,31,32). The third-order valence-electron chi connectivity index (χ3n) is 5.45. The van der Waals surface area contributed by atoms with Crippen LogP contribution in [0.4, 0.5) is 0 Å². The normalized spacial score (nSPS) is 12.3. The molecule has 6 nitrogen and oxygen atoms in total. The maximum absolute atomic E-state index is 4.78. The summed E-state index contributed by atoms with van der Waals surface area (Å²) in [5.74, 6) is 2.00. The summed E-state index contributed by atoms with van der Waals surface area (Å²) in [5, 5.41) is 6.91. The summed E-state index contributed by atoms with van der Waals surface area (Å²) in [6, 6.07) is 25.4. The Morgan fingerprint density at radius 1 is 0.939 bits per heavy atom. The number of guanidine groups is 1. The monoisotopic (exact) mass is 438 g/mol. The lowest BCUT2D eigenvalue weighted by Crippen LogP contribution is -2.39. The lowest BCUT2D eigenvalue weighted by atomic mass is 9.92. The van der Waals surface area contributed by atoms with Crippen LogP contribution in [0.15, 0.2) is 103 Å². The number of nitrogens with zero attached hydrogens (tertiary/aromatic N) is 4. The molecule has 6 heteroatoms. The van der Waals surface area contributed by atoms with Crippen LogP contribution in [0.25, 0.3) is 5.82 Å². The van der Waals surface area contributed by atoms with Crippen molar-refractivity contribution in [2.45, 2.75) is 25.8 Å². The Morgan fingerprint density at radius 3 is 2.39 bits per heavy atom. The summed E-state index contributed by atoms with van der Waals surface area (Å²) >= 11 is 0. The Bertz CT molecular complexity index is 1110. The molecule has 0 saturated heterocycles. The van der Waals surface area contributed by atoms with E-state index in [2.05, 4.69) is 94.3 Å². The second-order valence-electron chi connectivity index (χ2n) is 7.87. The van der Waals surface area contributed by atoms with Crippen molar-refractivity contribution in [3.05, 3.63) is 114 Å². The van der Waals surface area contributed by atoms with Crippen molar-refractivity contribution < 1.29 is 0 Å². The minimum absolute atomic E-state index is 0.341. The predicted molar refractivity (Wildman–Crippen MR) is 134 cm³/mol. The molecule has 0 spiro atoms. The highest BCUT2D eigenvalue weighted by Crippen LogP contribution is 2.20. The smallest absolute Gasteiger partial charge is 0.191 e. The summed E-state index contributed by atoms with van der Waals surface area (Å²) in [7, 11) is 0. The second kappa shape index (κ2) is 11.6. The maximum Gasteiger partial charge on any atom is 0.191 e. The molecule has 0 amide bonds. The molecule has 33 heavy (non-hydrogen) atoms. The van der Waals surface area contributed by atoms with Crippen LogP contribution in [0, 0.1) is 0 Å². The van der Waals surface area contributed by atoms with E-state index in [1.54, 1.807) is 12.5 Å². The van der Waals surface area contributed by atoms with Gasteiger partial charge in [-0.25, -0.2) is 15.0 Å². The van der Waals surface area contributed by atoms with E-state index in [4.69, 9.17) is 4.99 Å². The van der Waals surface area contributed by atoms with E-state index in [9.17, 15) is 0 Å². The number of imidazole rings is 1. The zero-order valence-corrected chi connectivity index (χ0v) is 18.9. The Hall–Kier alpha value is -3.93. The lowest BCUT2D eigenvalue weighted by molar-refractivity contribution is 0.645. The zero-order valence-electron chi connectivity index (χ0n) is 18.9. The second-order valence-corrected chi connectivity index (χ2v) is 7.87. The molecule has 2 heterocycles. The van der Waals surface area contributed by atoms with Crippen LogP contribution in [-0.4, -0.2) is 33.6 Å². The first-order chi connectivity index (χ1) is 16.3. The highest BCUT2D eigenvalue weighted by molar-refractivity contribution is 5.79. The average Bonchev–Trinajstić information content (AvgIpc) is 3.41. The Balaban J connectivity index is 1.42. The molecule has 0 fully saturated rings. The van der Waals surface area contributed by atoms with Crippen molar-refractivity contribution in [2.24, 2.45) is 4.99 Å². The fourth-order valence-corrected chi connectivity index (χ4v) is 3.72. The first-order valence-corrected chi connectivity index (χ1v) is 11.4. The molecule has 0 saturated carbocycles. The van der Waals surface area contributed by atoms with Crippen molar-refractivity contribution in [3.63, 3.8) is 0 Å². The van der Waals surface area contributed by atoms with Crippen molar-refractivity contribution in [3.8, 4) is 5.82 Å². The molecule has 1 unspecified atom stereocenters. The van der Waals surface area contributed by atoms with E-state index in [-0.39, 0.29) is 0 Å². The van der Waals surface area contributed by atoms with Crippen LogP contribution in [-0.2, 0) is 13.0 Å². The van der Waals surface area contributed by atoms with Gasteiger partial charge in [-0.15, -0.1) is 0 Å². The fourth-order valence-electron chi connectivity index (χ4n) is 3.72. The summed E-state index contributed by atoms with van der Waals surface area (Å²) in [5.41, 5.74) is 3.71. The van der Waals surface area contributed by atoms with E-state index in [1.807, 2.05) is 23.0 Å². The quantitative estimate of drug-likeness (QED) is 0.301. The Morgan fingerprint density at radius 2 is 1.73 bits per heavy atom. The van der Waals surface area contributed by atoms with E-state index in [0.717, 1.165) is 36.9 Å². The number of pyridine rings is 1. The lowest BCUT2D eigenvalue weighted by Gasteiger charge is -2.20. The van der Waals surface area contributed by atoms with Crippen LogP contribution >= 0.6 is 0 Å². The summed E-state index contributed by atoms with van der Waals surface area (Å²) < 4.78 is 1.88. The Kier molecular flexibility index (Phi) is 7.84. The summed E-state index contributed by atoms with van der Waals surface area (Å²) in [6.07, 6.45) is 8.20. The van der Waals surface area contributed by atoms with Crippen LogP contribution in [0.3, 0.4) is 0 Å².